The smallest absolute Gasteiger partial charge is 0.273 e. The number of ether oxygens (including phenoxy) is 1. The Bertz CT molecular complexity index is 1010. The summed E-state index contributed by atoms with van der Waals surface area (Å²) in [5.41, 5.74) is 2.12. The van der Waals surface area contributed by atoms with Gasteiger partial charge in [-0.3, -0.25) is 20.2 Å². The van der Waals surface area contributed by atoms with Gasteiger partial charge in [-0.25, -0.2) is 4.98 Å². The van der Waals surface area contributed by atoms with Crippen LogP contribution in [0.4, 0.5) is 10.8 Å². The molecular weight excluding hydrogens is 378 g/mol. The molecule has 0 fully saturated rings. The average molecular weight is 397 g/mol. The van der Waals surface area contributed by atoms with Crippen molar-refractivity contribution in [1.29, 1.82) is 0 Å². The zero-order chi connectivity index (χ0) is 20.3. The maximum Gasteiger partial charge on any atom is 0.273 e. The number of anilines is 1. The molecule has 1 aromatic heterocycles. The van der Waals surface area contributed by atoms with Crippen molar-refractivity contribution in [3.05, 3.63) is 69.1 Å². The predicted octanol–water partition coefficient (Wildman–Crippen LogP) is 5.07. The molecule has 2 aromatic carbocycles. The molecule has 3 rings (SSSR count). The van der Waals surface area contributed by atoms with E-state index in [-0.39, 0.29) is 17.4 Å². The minimum absolute atomic E-state index is 0.0869. The van der Waals surface area contributed by atoms with Crippen LogP contribution in [0, 0.1) is 17.0 Å². The van der Waals surface area contributed by atoms with Gasteiger partial charge in [0.2, 0.25) is 0 Å². The van der Waals surface area contributed by atoms with Gasteiger partial charge in [-0.1, -0.05) is 6.07 Å². The Hall–Kier alpha value is -3.26. The normalized spacial score (nSPS) is 10.7. The molecule has 0 aliphatic carbocycles. The molecule has 0 saturated carbocycles. The van der Waals surface area contributed by atoms with Crippen LogP contribution in [0.15, 0.2) is 47.8 Å². The van der Waals surface area contributed by atoms with E-state index in [1.54, 1.807) is 13.0 Å². The van der Waals surface area contributed by atoms with E-state index in [0.717, 1.165) is 17.0 Å². The van der Waals surface area contributed by atoms with E-state index in [4.69, 9.17) is 4.74 Å². The number of carbonyl (C=O) groups is 1. The first kappa shape index (κ1) is 19.5. The molecular formula is C20H19N3O4S. The molecule has 0 saturated heterocycles. The lowest BCUT2D eigenvalue weighted by Gasteiger charge is -2.09. The van der Waals surface area contributed by atoms with Gasteiger partial charge >= 0.3 is 0 Å². The summed E-state index contributed by atoms with van der Waals surface area (Å²) in [5, 5.41) is 16.0. The molecule has 0 unspecified atom stereocenters. The zero-order valence-corrected chi connectivity index (χ0v) is 16.4. The first-order chi connectivity index (χ1) is 13.3. The molecule has 7 nitrogen and oxygen atoms in total. The van der Waals surface area contributed by atoms with Crippen LogP contribution in [0.2, 0.25) is 0 Å². The lowest BCUT2D eigenvalue weighted by atomic mass is 10.1. The van der Waals surface area contributed by atoms with Crippen LogP contribution < -0.4 is 10.1 Å². The van der Waals surface area contributed by atoms with Crippen molar-refractivity contribution in [1.82, 2.24) is 4.98 Å². The quantitative estimate of drug-likeness (QED) is 0.463. The average Bonchev–Trinajstić information content (AvgIpc) is 3.10. The predicted molar refractivity (Wildman–Crippen MR) is 109 cm³/mol. The molecule has 1 heterocycles. The molecule has 28 heavy (non-hydrogen) atoms. The first-order valence-electron chi connectivity index (χ1n) is 8.63. The number of nitrogens with one attached hydrogen (secondary N) is 1. The SMILES string of the molecule is Cc1c(C(=O)Nc2nc(-c3ccc(OC(C)C)cc3)cs2)cccc1[N+](=O)[O-]. The molecule has 0 radical (unpaired) electrons. The van der Waals surface area contributed by atoms with Gasteiger partial charge in [0, 0.05) is 28.1 Å². The van der Waals surface area contributed by atoms with E-state index in [1.165, 1.54) is 23.5 Å². The number of hydrogen-bond donors (Lipinski definition) is 1. The molecule has 0 bridgehead atoms. The number of amides is 1. The number of nitro groups is 1. The highest BCUT2D eigenvalue weighted by molar-refractivity contribution is 7.14. The van der Waals surface area contributed by atoms with Crippen LogP contribution in [0.1, 0.15) is 29.8 Å². The van der Waals surface area contributed by atoms with Crippen molar-refractivity contribution in [2.75, 3.05) is 5.32 Å². The lowest BCUT2D eigenvalue weighted by molar-refractivity contribution is -0.385. The van der Waals surface area contributed by atoms with Crippen molar-refractivity contribution in [2.24, 2.45) is 0 Å². The topological polar surface area (TPSA) is 94.4 Å². The van der Waals surface area contributed by atoms with Gasteiger partial charge in [0.05, 0.1) is 16.7 Å². The monoisotopic (exact) mass is 397 g/mol. The van der Waals surface area contributed by atoms with Crippen LogP contribution in [-0.2, 0) is 0 Å². The van der Waals surface area contributed by atoms with Crippen LogP contribution in [-0.4, -0.2) is 21.9 Å². The number of thiazole rings is 1. The molecule has 1 amide bonds. The molecule has 0 aliphatic rings. The largest absolute Gasteiger partial charge is 0.491 e. The van der Waals surface area contributed by atoms with Crippen molar-refractivity contribution in [3.63, 3.8) is 0 Å². The minimum Gasteiger partial charge on any atom is -0.491 e. The van der Waals surface area contributed by atoms with Crippen LogP contribution >= 0.6 is 11.3 Å². The van der Waals surface area contributed by atoms with Crippen LogP contribution in [0.25, 0.3) is 11.3 Å². The van der Waals surface area contributed by atoms with E-state index in [2.05, 4.69) is 10.3 Å². The van der Waals surface area contributed by atoms with E-state index >= 15 is 0 Å². The van der Waals surface area contributed by atoms with E-state index in [0.29, 0.717) is 10.7 Å². The number of nitrogens with zero attached hydrogens (tertiary/aromatic N) is 2. The maximum absolute atomic E-state index is 12.5. The molecule has 0 spiro atoms. The fourth-order valence-electron chi connectivity index (χ4n) is 2.67. The van der Waals surface area contributed by atoms with E-state index in [1.807, 2.05) is 43.5 Å². The molecule has 8 heteroatoms. The molecule has 3 aromatic rings. The Morgan fingerprint density at radius 1 is 1.21 bits per heavy atom. The number of rotatable bonds is 6. The lowest BCUT2D eigenvalue weighted by Crippen LogP contribution is -2.14. The second-order valence-corrected chi connectivity index (χ2v) is 7.25. The maximum atomic E-state index is 12.5. The number of nitro benzene ring substituents is 1. The Balaban J connectivity index is 1.75. The van der Waals surface area contributed by atoms with Gasteiger partial charge < -0.3 is 4.74 Å². The minimum atomic E-state index is -0.500. The number of hydrogen-bond acceptors (Lipinski definition) is 6. The van der Waals surface area contributed by atoms with Gasteiger partial charge in [-0.15, -0.1) is 11.3 Å². The fourth-order valence-corrected chi connectivity index (χ4v) is 3.39. The van der Waals surface area contributed by atoms with Gasteiger partial charge in [0.25, 0.3) is 11.6 Å². The third-order valence-electron chi connectivity index (χ3n) is 3.99. The van der Waals surface area contributed by atoms with E-state index in [9.17, 15) is 14.9 Å². The Morgan fingerprint density at radius 3 is 2.57 bits per heavy atom. The molecule has 0 atom stereocenters. The standard InChI is InChI=1S/C20H19N3O4S/c1-12(2)27-15-9-7-14(8-10-15)17-11-28-20(21-17)22-19(24)16-5-4-6-18(13(16)3)23(25)26/h4-12H,1-3H3,(H,21,22,24). The Kier molecular flexibility index (Phi) is 5.70. The number of carbonyl (C=O) groups excluding carboxylic acids is 1. The second kappa shape index (κ2) is 8.18. The Labute approximate surface area is 166 Å². The summed E-state index contributed by atoms with van der Waals surface area (Å²) in [5.74, 6) is 0.353. The summed E-state index contributed by atoms with van der Waals surface area (Å²) in [6.07, 6.45) is 0.101. The van der Waals surface area contributed by atoms with Crippen LogP contribution in [0.3, 0.4) is 0 Å². The second-order valence-electron chi connectivity index (χ2n) is 6.39. The van der Waals surface area contributed by atoms with Crippen molar-refractivity contribution >= 4 is 28.1 Å². The molecule has 0 aliphatic heterocycles. The van der Waals surface area contributed by atoms with Gasteiger partial charge in [-0.2, -0.15) is 0 Å². The van der Waals surface area contributed by atoms with Crippen molar-refractivity contribution < 1.29 is 14.5 Å². The summed E-state index contributed by atoms with van der Waals surface area (Å²) in [6.45, 7) is 5.49. The van der Waals surface area contributed by atoms with Crippen LogP contribution in [0.5, 0.6) is 5.75 Å². The summed E-state index contributed by atoms with van der Waals surface area (Å²) < 4.78 is 5.63. The first-order valence-corrected chi connectivity index (χ1v) is 9.51. The number of aromatic nitrogens is 1. The zero-order valence-electron chi connectivity index (χ0n) is 15.6. The highest BCUT2D eigenvalue weighted by Gasteiger charge is 2.19. The van der Waals surface area contributed by atoms with Crippen molar-refractivity contribution in [2.45, 2.75) is 26.9 Å². The summed E-state index contributed by atoms with van der Waals surface area (Å²) in [6, 6.07) is 12.0. The summed E-state index contributed by atoms with van der Waals surface area (Å²) in [7, 11) is 0. The highest BCUT2D eigenvalue weighted by Crippen LogP contribution is 2.28. The Morgan fingerprint density at radius 2 is 1.93 bits per heavy atom. The van der Waals surface area contributed by atoms with Gasteiger partial charge in [0.1, 0.15) is 5.75 Å². The van der Waals surface area contributed by atoms with Gasteiger partial charge in [0.15, 0.2) is 5.13 Å². The highest BCUT2D eigenvalue weighted by atomic mass is 32.1. The number of benzene rings is 2. The van der Waals surface area contributed by atoms with E-state index < -0.39 is 10.8 Å². The van der Waals surface area contributed by atoms with Gasteiger partial charge in [-0.05, 0) is 51.1 Å². The molecule has 1 N–H and O–H groups in total. The third-order valence-corrected chi connectivity index (χ3v) is 4.75. The molecule has 144 valence electrons. The van der Waals surface area contributed by atoms with Crippen molar-refractivity contribution in [3.8, 4) is 17.0 Å². The summed E-state index contributed by atoms with van der Waals surface area (Å²) in [4.78, 5) is 27.5. The summed E-state index contributed by atoms with van der Waals surface area (Å²) >= 11 is 1.29. The third kappa shape index (κ3) is 4.34. The fraction of sp³-hybridized carbons (Fsp3) is 0.200.